The molecule has 17 heavy (non-hydrogen) atoms. The molecule has 2 aromatic rings. The monoisotopic (exact) mass is 247 g/mol. The number of hydrogen-bond acceptors (Lipinski definition) is 4. The number of aryl methyl sites for hydroxylation is 2. The summed E-state index contributed by atoms with van der Waals surface area (Å²) in [6.45, 7) is 1.98. The lowest BCUT2D eigenvalue weighted by Crippen LogP contribution is -2.04. The molecule has 0 unspecified atom stereocenters. The van der Waals surface area contributed by atoms with Crippen molar-refractivity contribution in [2.75, 3.05) is 5.75 Å². The molecule has 2 rings (SSSR count). The van der Waals surface area contributed by atoms with Gasteiger partial charge in [-0.1, -0.05) is 35.5 Å². The summed E-state index contributed by atoms with van der Waals surface area (Å²) in [5.74, 6) is 0.498. The van der Waals surface area contributed by atoms with Gasteiger partial charge in [0.15, 0.2) is 10.9 Å². The van der Waals surface area contributed by atoms with Crippen LogP contribution in [-0.2, 0) is 7.05 Å². The number of ketones is 1. The van der Waals surface area contributed by atoms with Gasteiger partial charge in [0, 0.05) is 12.6 Å². The quantitative estimate of drug-likeness (QED) is 0.613. The summed E-state index contributed by atoms with van der Waals surface area (Å²) in [7, 11) is 1.81. The molecule has 0 fully saturated rings. The molecule has 0 saturated heterocycles. The van der Waals surface area contributed by atoms with Crippen molar-refractivity contribution in [1.82, 2.24) is 14.8 Å². The van der Waals surface area contributed by atoms with Crippen molar-refractivity contribution in [3.63, 3.8) is 0 Å². The van der Waals surface area contributed by atoms with E-state index < -0.39 is 0 Å². The Kier molecular flexibility index (Phi) is 3.58. The first-order valence-corrected chi connectivity index (χ1v) is 6.22. The molecule has 0 aliphatic heterocycles. The Labute approximate surface area is 104 Å². The number of aromatic nitrogens is 3. The van der Waals surface area contributed by atoms with Crippen LogP contribution in [0.2, 0.25) is 0 Å². The minimum atomic E-state index is 0.113. The fourth-order valence-corrected chi connectivity index (χ4v) is 2.23. The van der Waals surface area contributed by atoms with Crippen molar-refractivity contribution < 1.29 is 4.79 Å². The van der Waals surface area contributed by atoms with Gasteiger partial charge in [-0.3, -0.25) is 4.79 Å². The average Bonchev–Trinajstić information content (AvgIpc) is 2.72. The summed E-state index contributed by atoms with van der Waals surface area (Å²) in [5.41, 5.74) is 1.85. The molecular weight excluding hydrogens is 234 g/mol. The highest BCUT2D eigenvalue weighted by atomic mass is 32.2. The maximum absolute atomic E-state index is 11.9. The van der Waals surface area contributed by atoms with Gasteiger partial charge in [0.25, 0.3) is 0 Å². The van der Waals surface area contributed by atoms with E-state index in [1.165, 1.54) is 18.1 Å². The third kappa shape index (κ3) is 2.94. The largest absolute Gasteiger partial charge is 0.293 e. The molecule has 0 aliphatic rings. The van der Waals surface area contributed by atoms with Gasteiger partial charge >= 0.3 is 0 Å². The summed E-state index contributed by atoms with van der Waals surface area (Å²) in [4.78, 5) is 16.0. The van der Waals surface area contributed by atoms with Gasteiger partial charge in [-0.25, -0.2) is 9.67 Å². The van der Waals surface area contributed by atoms with E-state index in [4.69, 9.17) is 0 Å². The zero-order chi connectivity index (χ0) is 12.3. The smallest absolute Gasteiger partial charge is 0.186 e. The molecule has 88 valence electrons. The van der Waals surface area contributed by atoms with Gasteiger partial charge in [0.05, 0.1) is 5.75 Å². The summed E-state index contributed by atoms with van der Waals surface area (Å²) in [5, 5.41) is 4.71. The standard InChI is InChI=1S/C12H13N3OS/c1-9-4-3-5-10(6-9)11(16)7-17-12-13-8-14-15(12)2/h3-6,8H,7H2,1-2H3. The summed E-state index contributed by atoms with van der Waals surface area (Å²) >= 11 is 1.40. The SMILES string of the molecule is Cc1cccc(C(=O)CSc2ncnn2C)c1. The first-order valence-electron chi connectivity index (χ1n) is 5.23. The molecule has 0 saturated carbocycles. The van der Waals surface area contributed by atoms with Crippen LogP contribution in [0, 0.1) is 6.92 Å². The second-order valence-corrected chi connectivity index (χ2v) is 4.69. The van der Waals surface area contributed by atoms with Crippen LogP contribution in [0.5, 0.6) is 0 Å². The molecule has 1 heterocycles. The van der Waals surface area contributed by atoms with Crippen LogP contribution >= 0.6 is 11.8 Å². The first kappa shape index (κ1) is 11.9. The van der Waals surface area contributed by atoms with E-state index in [-0.39, 0.29) is 5.78 Å². The topological polar surface area (TPSA) is 47.8 Å². The Balaban J connectivity index is 2.01. The van der Waals surface area contributed by atoms with Crippen LogP contribution in [-0.4, -0.2) is 26.3 Å². The number of thioether (sulfide) groups is 1. The molecule has 4 nitrogen and oxygen atoms in total. The van der Waals surface area contributed by atoms with Crippen molar-refractivity contribution in [3.8, 4) is 0 Å². The van der Waals surface area contributed by atoms with E-state index in [1.54, 1.807) is 4.68 Å². The summed E-state index contributed by atoms with van der Waals surface area (Å²) in [6.07, 6.45) is 1.49. The van der Waals surface area contributed by atoms with Gasteiger partial charge in [0.2, 0.25) is 0 Å². The van der Waals surface area contributed by atoms with Crippen LogP contribution in [0.15, 0.2) is 35.7 Å². The molecule has 0 N–H and O–H groups in total. The van der Waals surface area contributed by atoms with Gasteiger partial charge in [-0.15, -0.1) is 0 Å². The Morgan fingerprint density at radius 1 is 1.47 bits per heavy atom. The van der Waals surface area contributed by atoms with Crippen LogP contribution in [0.1, 0.15) is 15.9 Å². The van der Waals surface area contributed by atoms with Crippen LogP contribution in [0.4, 0.5) is 0 Å². The molecule has 5 heteroatoms. The predicted molar refractivity (Wildman–Crippen MR) is 67.2 cm³/mol. The van der Waals surface area contributed by atoms with Crippen molar-refractivity contribution in [2.24, 2.45) is 7.05 Å². The zero-order valence-electron chi connectivity index (χ0n) is 9.75. The molecule has 0 amide bonds. The maximum Gasteiger partial charge on any atom is 0.186 e. The van der Waals surface area contributed by atoms with Crippen molar-refractivity contribution in [2.45, 2.75) is 12.1 Å². The number of benzene rings is 1. The highest BCUT2D eigenvalue weighted by Gasteiger charge is 2.09. The van der Waals surface area contributed by atoms with Crippen molar-refractivity contribution in [3.05, 3.63) is 41.7 Å². The third-order valence-corrected chi connectivity index (χ3v) is 3.38. The van der Waals surface area contributed by atoms with E-state index in [9.17, 15) is 4.79 Å². The fraction of sp³-hybridized carbons (Fsp3) is 0.250. The van der Waals surface area contributed by atoms with Crippen LogP contribution < -0.4 is 0 Å². The Hall–Kier alpha value is -1.62. The second kappa shape index (κ2) is 5.14. The fourth-order valence-electron chi connectivity index (χ4n) is 1.45. The molecule has 0 aliphatic carbocycles. The lowest BCUT2D eigenvalue weighted by Gasteiger charge is -2.01. The Bertz CT molecular complexity index is 536. The molecule has 0 radical (unpaired) electrons. The molecule has 0 spiro atoms. The number of Topliss-reactive ketones (excluding diaryl/α,β-unsaturated/α-hetero) is 1. The van der Waals surface area contributed by atoms with E-state index in [2.05, 4.69) is 10.1 Å². The number of nitrogens with zero attached hydrogens (tertiary/aromatic N) is 3. The molecule has 0 bridgehead atoms. The van der Waals surface area contributed by atoms with E-state index in [0.717, 1.165) is 16.3 Å². The number of carbonyl (C=O) groups excluding carboxylic acids is 1. The first-order chi connectivity index (χ1) is 8.16. The van der Waals surface area contributed by atoms with Crippen molar-refractivity contribution in [1.29, 1.82) is 0 Å². The third-order valence-electron chi connectivity index (χ3n) is 2.34. The number of hydrogen-bond donors (Lipinski definition) is 0. The van der Waals surface area contributed by atoms with E-state index in [0.29, 0.717) is 5.75 Å². The van der Waals surface area contributed by atoms with E-state index >= 15 is 0 Å². The Morgan fingerprint density at radius 3 is 2.94 bits per heavy atom. The van der Waals surface area contributed by atoms with Gasteiger partial charge in [0.1, 0.15) is 6.33 Å². The Morgan fingerprint density at radius 2 is 2.29 bits per heavy atom. The van der Waals surface area contributed by atoms with Crippen LogP contribution in [0.3, 0.4) is 0 Å². The summed E-state index contributed by atoms with van der Waals surface area (Å²) < 4.78 is 1.66. The summed E-state index contributed by atoms with van der Waals surface area (Å²) in [6, 6.07) is 7.62. The lowest BCUT2D eigenvalue weighted by molar-refractivity contribution is 0.102. The molecule has 1 aromatic carbocycles. The average molecular weight is 247 g/mol. The highest BCUT2D eigenvalue weighted by molar-refractivity contribution is 7.99. The minimum Gasteiger partial charge on any atom is -0.293 e. The van der Waals surface area contributed by atoms with E-state index in [1.807, 2.05) is 38.2 Å². The predicted octanol–water partition coefficient (Wildman–Crippen LogP) is 2.10. The number of rotatable bonds is 4. The zero-order valence-corrected chi connectivity index (χ0v) is 10.6. The minimum absolute atomic E-state index is 0.113. The second-order valence-electron chi connectivity index (χ2n) is 3.75. The molecule has 0 atom stereocenters. The highest BCUT2D eigenvalue weighted by Crippen LogP contribution is 2.15. The lowest BCUT2D eigenvalue weighted by atomic mass is 10.1. The molecular formula is C12H13N3OS. The number of carbonyl (C=O) groups is 1. The van der Waals surface area contributed by atoms with Gasteiger partial charge in [-0.2, -0.15) is 5.10 Å². The van der Waals surface area contributed by atoms with Crippen LogP contribution in [0.25, 0.3) is 0 Å². The van der Waals surface area contributed by atoms with Gasteiger partial charge < -0.3 is 0 Å². The van der Waals surface area contributed by atoms with Gasteiger partial charge in [-0.05, 0) is 13.0 Å². The maximum atomic E-state index is 11.9. The normalized spacial score (nSPS) is 10.5. The molecule has 1 aromatic heterocycles. The van der Waals surface area contributed by atoms with Crippen molar-refractivity contribution >= 4 is 17.5 Å².